The summed E-state index contributed by atoms with van der Waals surface area (Å²) in [6.45, 7) is 0. The first-order valence-electron chi connectivity index (χ1n) is 7.45. The lowest BCUT2D eigenvalue weighted by molar-refractivity contribution is 0.949. The zero-order valence-corrected chi connectivity index (χ0v) is 16.3. The van der Waals surface area contributed by atoms with Crippen LogP contribution in [0.3, 0.4) is 0 Å². The van der Waals surface area contributed by atoms with Crippen LogP contribution in [0.1, 0.15) is 5.56 Å². The summed E-state index contributed by atoms with van der Waals surface area (Å²) in [6, 6.07) is 13.9. The van der Waals surface area contributed by atoms with E-state index in [9.17, 15) is 0 Å². The largest absolute Gasteiger partial charge is 0.327 e. The summed E-state index contributed by atoms with van der Waals surface area (Å²) in [5.74, 6) is 0.351. The van der Waals surface area contributed by atoms with E-state index in [0.29, 0.717) is 5.95 Å². The van der Waals surface area contributed by atoms with Crippen LogP contribution >= 0.6 is 31.9 Å². The van der Waals surface area contributed by atoms with E-state index in [1.807, 2.05) is 54.1 Å². The first-order chi connectivity index (χ1) is 12.1. The fraction of sp³-hybridized carbons (Fsp3) is 0.0588. The van der Waals surface area contributed by atoms with E-state index in [1.54, 1.807) is 6.21 Å². The molecule has 124 valence electrons. The average Bonchev–Trinajstić information content (AvgIpc) is 2.87. The molecule has 2 aromatic carbocycles. The average molecular weight is 460 g/mol. The molecule has 0 aliphatic rings. The minimum atomic E-state index is 0.351. The van der Waals surface area contributed by atoms with Crippen LogP contribution < -0.4 is 5.43 Å². The van der Waals surface area contributed by atoms with Crippen LogP contribution in [0, 0.1) is 0 Å². The first-order valence-corrected chi connectivity index (χ1v) is 9.03. The van der Waals surface area contributed by atoms with Crippen molar-refractivity contribution < 1.29 is 0 Å². The summed E-state index contributed by atoms with van der Waals surface area (Å²) >= 11 is 6.90. The van der Waals surface area contributed by atoms with Crippen LogP contribution in [-0.2, 0) is 7.05 Å². The van der Waals surface area contributed by atoms with Gasteiger partial charge in [0.25, 0.3) is 5.95 Å². The Morgan fingerprint density at radius 2 is 1.84 bits per heavy atom. The van der Waals surface area contributed by atoms with Gasteiger partial charge in [-0.15, -0.1) is 10.2 Å². The van der Waals surface area contributed by atoms with Crippen LogP contribution in [0.15, 0.2) is 56.5 Å². The zero-order valence-electron chi connectivity index (χ0n) is 13.1. The van der Waals surface area contributed by atoms with Crippen molar-refractivity contribution in [3.63, 3.8) is 0 Å². The van der Waals surface area contributed by atoms with Gasteiger partial charge in [-0.05, 0) is 29.8 Å². The minimum absolute atomic E-state index is 0.351. The maximum Gasteiger partial charge on any atom is 0.265 e. The number of fused-ring (bicyclic) bond motifs is 3. The Bertz CT molecular complexity index is 1100. The highest BCUT2D eigenvalue weighted by Gasteiger charge is 2.11. The molecule has 6 nitrogen and oxygen atoms in total. The lowest BCUT2D eigenvalue weighted by atomic mass is 10.2. The van der Waals surface area contributed by atoms with Gasteiger partial charge in [0.15, 0.2) is 5.65 Å². The number of rotatable bonds is 3. The summed E-state index contributed by atoms with van der Waals surface area (Å²) < 4.78 is 3.94. The summed E-state index contributed by atoms with van der Waals surface area (Å²) in [7, 11) is 1.96. The predicted molar refractivity (Wildman–Crippen MR) is 107 cm³/mol. The van der Waals surface area contributed by atoms with Gasteiger partial charge < -0.3 is 4.57 Å². The normalized spacial score (nSPS) is 11.6. The molecule has 0 saturated heterocycles. The Morgan fingerprint density at radius 1 is 1.08 bits per heavy atom. The molecular weight excluding hydrogens is 448 g/mol. The van der Waals surface area contributed by atoms with Crippen LogP contribution in [0.2, 0.25) is 0 Å². The van der Waals surface area contributed by atoms with E-state index < -0.39 is 0 Å². The van der Waals surface area contributed by atoms with E-state index in [0.717, 1.165) is 36.6 Å². The molecule has 4 rings (SSSR count). The molecule has 2 aromatic heterocycles. The quantitative estimate of drug-likeness (QED) is 0.362. The van der Waals surface area contributed by atoms with Crippen LogP contribution in [0.5, 0.6) is 0 Å². The third-order valence-electron chi connectivity index (χ3n) is 3.77. The Kier molecular flexibility index (Phi) is 4.22. The Hall–Kier alpha value is -2.32. The molecule has 4 aromatic rings. The molecular formula is C17H12Br2N6. The molecule has 0 fully saturated rings. The Balaban J connectivity index is 1.65. The van der Waals surface area contributed by atoms with Gasteiger partial charge in [0.1, 0.15) is 5.52 Å². The van der Waals surface area contributed by atoms with Crippen molar-refractivity contribution >= 4 is 66.1 Å². The van der Waals surface area contributed by atoms with E-state index in [4.69, 9.17) is 0 Å². The molecule has 0 radical (unpaired) electrons. The van der Waals surface area contributed by atoms with Gasteiger partial charge in [-0.3, -0.25) is 0 Å². The van der Waals surface area contributed by atoms with Crippen molar-refractivity contribution in [1.29, 1.82) is 0 Å². The van der Waals surface area contributed by atoms with Gasteiger partial charge in [-0.2, -0.15) is 10.1 Å². The molecule has 2 heterocycles. The summed E-state index contributed by atoms with van der Waals surface area (Å²) in [4.78, 5) is 4.52. The number of hydrogen-bond acceptors (Lipinski definition) is 5. The highest BCUT2D eigenvalue weighted by molar-refractivity contribution is 9.11. The number of para-hydroxylation sites is 1. The first kappa shape index (κ1) is 16.2. The van der Waals surface area contributed by atoms with E-state index in [1.165, 1.54) is 0 Å². The summed E-state index contributed by atoms with van der Waals surface area (Å²) in [6.07, 6.45) is 1.70. The molecule has 0 amide bonds. The van der Waals surface area contributed by atoms with Gasteiger partial charge in [0.2, 0.25) is 0 Å². The SMILES string of the molecule is Cn1c2ccccc2c2nnc(N/N=C\c3cc(Br)cc(Br)c3)nc21. The fourth-order valence-corrected chi connectivity index (χ4v) is 4.00. The number of nitrogens with one attached hydrogen (secondary N) is 1. The van der Waals surface area contributed by atoms with Crippen molar-refractivity contribution in [1.82, 2.24) is 19.7 Å². The van der Waals surface area contributed by atoms with Gasteiger partial charge in [-0.1, -0.05) is 50.1 Å². The maximum absolute atomic E-state index is 4.52. The topological polar surface area (TPSA) is 68.0 Å². The predicted octanol–water partition coefficient (Wildman–Crippen LogP) is 4.49. The van der Waals surface area contributed by atoms with Crippen LogP contribution in [-0.4, -0.2) is 26.0 Å². The molecule has 0 saturated carbocycles. The lowest BCUT2D eigenvalue weighted by Gasteiger charge is -2.00. The van der Waals surface area contributed by atoms with Gasteiger partial charge in [0.05, 0.1) is 11.7 Å². The number of nitrogens with zero attached hydrogens (tertiary/aromatic N) is 5. The summed E-state index contributed by atoms with van der Waals surface area (Å²) in [5, 5.41) is 13.6. The second-order valence-corrected chi connectivity index (χ2v) is 7.29. The number of hydrazone groups is 1. The molecule has 0 bridgehead atoms. The number of aromatic nitrogens is 4. The molecule has 0 atom stereocenters. The fourth-order valence-electron chi connectivity index (χ4n) is 2.67. The monoisotopic (exact) mass is 458 g/mol. The number of aryl methyl sites for hydroxylation is 1. The van der Waals surface area contributed by atoms with Crippen molar-refractivity contribution in [3.05, 3.63) is 57.0 Å². The van der Waals surface area contributed by atoms with Crippen LogP contribution in [0.4, 0.5) is 5.95 Å². The van der Waals surface area contributed by atoms with Crippen molar-refractivity contribution in [2.24, 2.45) is 12.1 Å². The minimum Gasteiger partial charge on any atom is -0.327 e. The number of anilines is 1. The Labute approximate surface area is 160 Å². The van der Waals surface area contributed by atoms with Gasteiger partial charge in [-0.25, -0.2) is 5.43 Å². The zero-order chi connectivity index (χ0) is 17.4. The molecule has 0 unspecified atom stereocenters. The van der Waals surface area contributed by atoms with E-state index in [-0.39, 0.29) is 0 Å². The Morgan fingerprint density at radius 3 is 2.64 bits per heavy atom. The maximum atomic E-state index is 4.52. The molecule has 1 N–H and O–H groups in total. The third-order valence-corrected chi connectivity index (χ3v) is 4.69. The van der Waals surface area contributed by atoms with Crippen molar-refractivity contribution in [3.8, 4) is 0 Å². The van der Waals surface area contributed by atoms with Crippen LogP contribution in [0.25, 0.3) is 22.1 Å². The van der Waals surface area contributed by atoms with Crippen molar-refractivity contribution in [2.45, 2.75) is 0 Å². The highest BCUT2D eigenvalue weighted by Crippen LogP contribution is 2.24. The number of benzene rings is 2. The molecule has 8 heteroatoms. The highest BCUT2D eigenvalue weighted by atomic mass is 79.9. The third kappa shape index (κ3) is 3.14. The smallest absolute Gasteiger partial charge is 0.265 e. The molecule has 25 heavy (non-hydrogen) atoms. The molecule has 0 aliphatic heterocycles. The van der Waals surface area contributed by atoms with Gasteiger partial charge in [0, 0.05) is 21.4 Å². The number of hydrogen-bond donors (Lipinski definition) is 1. The van der Waals surface area contributed by atoms with E-state index in [2.05, 4.69) is 57.6 Å². The standard InChI is InChI=1S/C17H12Br2N6/c1-25-14-5-3-2-4-13(14)15-16(25)21-17(24-22-15)23-20-9-10-6-11(18)8-12(19)7-10/h2-9H,1H3,(H,21,23,24)/b20-9-. The number of halogens is 2. The molecule has 0 aliphatic carbocycles. The second-order valence-electron chi connectivity index (χ2n) is 5.46. The summed E-state index contributed by atoms with van der Waals surface area (Å²) in [5.41, 5.74) is 6.39. The van der Waals surface area contributed by atoms with E-state index >= 15 is 0 Å². The van der Waals surface area contributed by atoms with Gasteiger partial charge >= 0.3 is 0 Å². The lowest BCUT2D eigenvalue weighted by Crippen LogP contribution is -2.00. The van der Waals surface area contributed by atoms with Crippen molar-refractivity contribution in [2.75, 3.05) is 5.43 Å². The second kappa shape index (κ2) is 6.53. The molecule has 0 spiro atoms.